The zero-order valence-electron chi connectivity index (χ0n) is 15.8. The predicted octanol–water partition coefficient (Wildman–Crippen LogP) is 4.17. The third-order valence-corrected chi connectivity index (χ3v) is 9.29. The first-order valence-corrected chi connectivity index (χ1v) is 13.3. The summed E-state index contributed by atoms with van der Waals surface area (Å²) < 4.78 is 34.8. The van der Waals surface area contributed by atoms with Gasteiger partial charge in [-0.15, -0.1) is 8.58 Å². The molecule has 0 spiro atoms. The van der Waals surface area contributed by atoms with Gasteiger partial charge < -0.3 is 0 Å². The molecule has 2 aromatic carbocycles. The number of hydrogen-bond donors (Lipinski definition) is 1. The molecule has 0 fully saturated rings. The maximum absolute atomic E-state index is 10.7. The quantitative estimate of drug-likeness (QED) is 0.433. The van der Waals surface area contributed by atoms with E-state index in [2.05, 4.69) is 71.8 Å². The standard InChI is InChI=1S/C20H28O4P2S/c1-17(24-27(21,22)23)13-14-18(2)25-15-16-26(19-9-5-3-6-10-19)20-11-7-4-8-12-20/h3-12,17-18,25H,13-16H2,1-2H3,(H,21,22,23)/t17-,18+/m0/s1. The first kappa shape index (κ1) is 22.5. The second-order valence-corrected chi connectivity index (χ2v) is 11.9. The van der Waals surface area contributed by atoms with Gasteiger partial charge in [-0.25, -0.2) is 4.18 Å². The van der Waals surface area contributed by atoms with Gasteiger partial charge in [0.15, 0.2) is 0 Å². The van der Waals surface area contributed by atoms with Crippen molar-refractivity contribution in [3.05, 3.63) is 60.7 Å². The normalized spacial score (nSPS) is 14.7. The summed E-state index contributed by atoms with van der Waals surface area (Å²) in [7, 11) is -3.88. The SMILES string of the molecule is C[C@H](CC[C@H](C)OS(=O)(=O)O)PCCP(c1ccccc1)c1ccccc1. The predicted molar refractivity (Wildman–Crippen MR) is 118 cm³/mol. The Morgan fingerprint density at radius 3 is 1.96 bits per heavy atom. The zero-order valence-corrected chi connectivity index (χ0v) is 18.5. The van der Waals surface area contributed by atoms with Crippen molar-refractivity contribution in [2.45, 2.75) is 38.5 Å². The van der Waals surface area contributed by atoms with Crippen LogP contribution in [-0.2, 0) is 14.6 Å². The summed E-state index contributed by atoms with van der Waals surface area (Å²) in [6.07, 6.45) is 3.34. The van der Waals surface area contributed by atoms with Crippen LogP contribution < -0.4 is 10.6 Å². The lowest BCUT2D eigenvalue weighted by Gasteiger charge is -2.20. The summed E-state index contributed by atoms with van der Waals surface area (Å²) >= 11 is 0. The topological polar surface area (TPSA) is 63.6 Å². The van der Waals surface area contributed by atoms with E-state index in [1.54, 1.807) is 6.92 Å². The van der Waals surface area contributed by atoms with Crippen LogP contribution in [0.2, 0.25) is 0 Å². The van der Waals surface area contributed by atoms with E-state index in [1.807, 2.05) is 0 Å². The zero-order chi connectivity index (χ0) is 19.7. The molecule has 0 bridgehead atoms. The molecule has 1 N–H and O–H groups in total. The fourth-order valence-corrected chi connectivity index (χ4v) is 7.55. The maximum atomic E-state index is 10.7. The minimum absolute atomic E-state index is 0.352. The molecule has 0 heterocycles. The van der Waals surface area contributed by atoms with Gasteiger partial charge in [0, 0.05) is 0 Å². The average Bonchev–Trinajstić information content (AvgIpc) is 2.64. The second kappa shape index (κ2) is 11.2. The largest absolute Gasteiger partial charge is 0.397 e. The Balaban J connectivity index is 1.85. The molecule has 7 heteroatoms. The van der Waals surface area contributed by atoms with Crippen molar-refractivity contribution in [2.75, 3.05) is 12.3 Å². The molecule has 4 nitrogen and oxygen atoms in total. The van der Waals surface area contributed by atoms with Gasteiger partial charge in [0.2, 0.25) is 0 Å². The van der Waals surface area contributed by atoms with Crippen molar-refractivity contribution in [1.29, 1.82) is 0 Å². The second-order valence-electron chi connectivity index (χ2n) is 6.59. The van der Waals surface area contributed by atoms with Crippen molar-refractivity contribution in [3.63, 3.8) is 0 Å². The van der Waals surface area contributed by atoms with E-state index in [0.717, 1.165) is 27.3 Å². The van der Waals surface area contributed by atoms with Crippen molar-refractivity contribution in [3.8, 4) is 0 Å². The van der Waals surface area contributed by atoms with E-state index < -0.39 is 16.5 Å². The van der Waals surface area contributed by atoms with Gasteiger partial charge in [0.05, 0.1) is 6.10 Å². The van der Waals surface area contributed by atoms with E-state index in [-0.39, 0.29) is 7.92 Å². The number of hydrogen-bond acceptors (Lipinski definition) is 3. The van der Waals surface area contributed by atoms with Crippen molar-refractivity contribution < 1.29 is 17.2 Å². The van der Waals surface area contributed by atoms with E-state index >= 15 is 0 Å². The van der Waals surface area contributed by atoms with E-state index in [4.69, 9.17) is 4.55 Å². The van der Waals surface area contributed by atoms with Crippen LogP contribution in [0.4, 0.5) is 0 Å². The first-order valence-electron chi connectivity index (χ1n) is 9.12. The van der Waals surface area contributed by atoms with E-state index in [9.17, 15) is 8.42 Å². The van der Waals surface area contributed by atoms with Gasteiger partial charge >= 0.3 is 10.4 Å². The Labute approximate surface area is 166 Å². The lowest BCUT2D eigenvalue weighted by Crippen LogP contribution is -2.16. The summed E-state index contributed by atoms with van der Waals surface area (Å²) in [5, 5.41) is 2.82. The Kier molecular flexibility index (Phi) is 9.35. The highest BCUT2D eigenvalue weighted by molar-refractivity contribution is 7.80. The Bertz CT molecular complexity index is 730. The molecule has 148 valence electrons. The summed E-state index contributed by atoms with van der Waals surface area (Å²) in [5.74, 6) is 0. The van der Waals surface area contributed by atoms with Gasteiger partial charge in [0.1, 0.15) is 0 Å². The Morgan fingerprint density at radius 2 is 1.48 bits per heavy atom. The fraction of sp³-hybridized carbons (Fsp3) is 0.400. The minimum Gasteiger partial charge on any atom is -0.264 e. The molecule has 1 unspecified atom stereocenters. The smallest absolute Gasteiger partial charge is 0.264 e. The monoisotopic (exact) mass is 426 g/mol. The molecule has 2 aromatic rings. The third kappa shape index (κ3) is 8.81. The van der Waals surface area contributed by atoms with Gasteiger partial charge in [-0.3, -0.25) is 4.55 Å². The van der Waals surface area contributed by atoms with Crippen LogP contribution in [0.25, 0.3) is 0 Å². The molecule has 2 rings (SSSR count). The van der Waals surface area contributed by atoms with Gasteiger partial charge in [-0.05, 0) is 56.3 Å². The third-order valence-electron chi connectivity index (χ3n) is 4.26. The van der Waals surface area contributed by atoms with Crippen LogP contribution in [0.3, 0.4) is 0 Å². The summed E-state index contributed by atoms with van der Waals surface area (Å²) in [5.41, 5.74) is 0.515. The highest BCUT2D eigenvalue weighted by Gasteiger charge is 2.16. The summed E-state index contributed by atoms with van der Waals surface area (Å²) in [6.45, 7) is 3.87. The van der Waals surface area contributed by atoms with Crippen LogP contribution in [0.1, 0.15) is 26.7 Å². The molecule has 0 aliphatic carbocycles. The first-order chi connectivity index (χ1) is 12.8. The summed E-state index contributed by atoms with van der Waals surface area (Å²) in [4.78, 5) is 0. The van der Waals surface area contributed by atoms with Crippen LogP contribution in [0, 0.1) is 0 Å². The lowest BCUT2D eigenvalue weighted by atomic mass is 10.2. The fourth-order valence-electron chi connectivity index (χ4n) is 2.89. The molecule has 0 aromatic heterocycles. The number of benzene rings is 2. The molecule has 0 saturated carbocycles. The molecule has 0 radical (unpaired) electrons. The molecule has 0 amide bonds. The molecule has 27 heavy (non-hydrogen) atoms. The molecule has 0 aliphatic heterocycles. The summed E-state index contributed by atoms with van der Waals surface area (Å²) in [6, 6.07) is 21.4. The Morgan fingerprint density at radius 1 is 0.963 bits per heavy atom. The van der Waals surface area contributed by atoms with Crippen LogP contribution in [0.5, 0.6) is 0 Å². The molecule has 0 aliphatic rings. The van der Waals surface area contributed by atoms with E-state index in [0.29, 0.717) is 12.1 Å². The van der Waals surface area contributed by atoms with Gasteiger partial charge in [0.25, 0.3) is 0 Å². The van der Waals surface area contributed by atoms with Crippen molar-refractivity contribution in [1.82, 2.24) is 0 Å². The highest BCUT2D eigenvalue weighted by atomic mass is 32.3. The maximum Gasteiger partial charge on any atom is 0.397 e. The molecule has 3 atom stereocenters. The van der Waals surface area contributed by atoms with Gasteiger partial charge in [-0.1, -0.05) is 67.6 Å². The van der Waals surface area contributed by atoms with Crippen LogP contribution in [-0.4, -0.2) is 37.1 Å². The highest BCUT2D eigenvalue weighted by Crippen LogP contribution is 2.36. The van der Waals surface area contributed by atoms with Crippen LogP contribution >= 0.6 is 16.5 Å². The number of rotatable bonds is 11. The van der Waals surface area contributed by atoms with E-state index in [1.165, 1.54) is 10.6 Å². The van der Waals surface area contributed by atoms with Crippen molar-refractivity contribution in [2.24, 2.45) is 0 Å². The lowest BCUT2D eigenvalue weighted by molar-refractivity contribution is 0.186. The van der Waals surface area contributed by atoms with Crippen molar-refractivity contribution >= 4 is 37.5 Å². The average molecular weight is 426 g/mol. The molecule has 0 saturated heterocycles. The Hall–Kier alpha value is -0.830. The van der Waals surface area contributed by atoms with Gasteiger partial charge in [-0.2, -0.15) is 8.42 Å². The molecular formula is C20H28O4P2S. The molecular weight excluding hydrogens is 398 g/mol. The van der Waals surface area contributed by atoms with Crippen LogP contribution in [0.15, 0.2) is 60.7 Å². The minimum atomic E-state index is -4.36.